The van der Waals surface area contributed by atoms with Gasteiger partial charge < -0.3 is 5.11 Å². The first-order chi connectivity index (χ1) is 7.72. The van der Waals surface area contributed by atoms with Gasteiger partial charge in [0.1, 0.15) is 5.82 Å². The minimum absolute atomic E-state index is 0.240. The number of aryl methyl sites for hydroxylation is 1. The van der Waals surface area contributed by atoms with Crippen molar-refractivity contribution < 1.29 is 9.90 Å². The van der Waals surface area contributed by atoms with Gasteiger partial charge in [0.25, 0.3) is 0 Å². The van der Waals surface area contributed by atoms with Crippen molar-refractivity contribution in [2.75, 3.05) is 0 Å². The molecule has 0 atom stereocenters. The summed E-state index contributed by atoms with van der Waals surface area (Å²) in [6.45, 7) is 1.92. The van der Waals surface area contributed by atoms with Crippen molar-refractivity contribution in [3.63, 3.8) is 0 Å². The Morgan fingerprint density at radius 1 is 1.50 bits per heavy atom. The first-order valence-electron chi connectivity index (χ1n) is 5.81. The molecule has 0 aliphatic heterocycles. The molecule has 0 unspecified atom stereocenters. The molecule has 0 spiro atoms. The van der Waals surface area contributed by atoms with Crippen LogP contribution >= 0.6 is 0 Å². The summed E-state index contributed by atoms with van der Waals surface area (Å²) in [6, 6.07) is 0. The Hall–Kier alpha value is -1.45. The molecule has 1 aromatic heterocycles. The quantitative estimate of drug-likeness (QED) is 0.849. The van der Waals surface area contributed by atoms with Crippen molar-refractivity contribution in [3.05, 3.63) is 23.3 Å². The van der Waals surface area contributed by atoms with Gasteiger partial charge in [-0.15, -0.1) is 0 Å². The van der Waals surface area contributed by atoms with E-state index in [9.17, 15) is 4.79 Å². The molecule has 1 saturated carbocycles. The van der Waals surface area contributed by atoms with E-state index in [0.717, 1.165) is 18.7 Å². The van der Waals surface area contributed by atoms with Crippen molar-refractivity contribution in [2.45, 2.75) is 44.9 Å². The van der Waals surface area contributed by atoms with Gasteiger partial charge in [-0.3, -0.25) is 0 Å². The molecule has 1 aliphatic rings. The molecule has 1 N–H and O–H groups in total. The molecule has 0 bridgehead atoms. The highest BCUT2D eigenvalue weighted by Gasteiger charge is 2.21. The Morgan fingerprint density at radius 3 is 2.75 bits per heavy atom. The average molecular weight is 220 g/mol. The number of nitrogens with zero attached hydrogens (tertiary/aromatic N) is 2. The van der Waals surface area contributed by atoms with Crippen molar-refractivity contribution in [2.24, 2.45) is 0 Å². The maximum atomic E-state index is 10.9. The van der Waals surface area contributed by atoms with Gasteiger partial charge in [0.2, 0.25) is 0 Å². The molecule has 1 aliphatic carbocycles. The smallest absolute Gasteiger partial charge is 0.339 e. The summed E-state index contributed by atoms with van der Waals surface area (Å²) in [7, 11) is 0. The van der Waals surface area contributed by atoms with Crippen LogP contribution in [-0.4, -0.2) is 21.0 Å². The van der Waals surface area contributed by atoms with Crippen molar-refractivity contribution >= 4 is 5.97 Å². The first-order valence-corrected chi connectivity index (χ1v) is 5.81. The summed E-state index contributed by atoms with van der Waals surface area (Å²) in [5, 5.41) is 8.97. The SMILES string of the molecule is CCc1nc(C2CCCC2)ncc1C(=O)O. The predicted molar refractivity (Wildman–Crippen MR) is 59.6 cm³/mol. The zero-order chi connectivity index (χ0) is 11.5. The normalized spacial score (nSPS) is 16.6. The van der Waals surface area contributed by atoms with Gasteiger partial charge >= 0.3 is 5.97 Å². The summed E-state index contributed by atoms with van der Waals surface area (Å²) >= 11 is 0. The Kier molecular flexibility index (Phi) is 3.17. The Balaban J connectivity index is 2.32. The maximum absolute atomic E-state index is 10.9. The van der Waals surface area contributed by atoms with Crippen LogP contribution in [0.15, 0.2) is 6.20 Å². The summed E-state index contributed by atoms with van der Waals surface area (Å²) in [5.74, 6) is 0.335. The zero-order valence-electron chi connectivity index (χ0n) is 9.44. The lowest BCUT2D eigenvalue weighted by Crippen LogP contribution is -2.10. The van der Waals surface area contributed by atoms with Crippen LogP contribution in [0.2, 0.25) is 0 Å². The lowest BCUT2D eigenvalue weighted by molar-refractivity contribution is 0.0694. The molecular weight excluding hydrogens is 204 g/mol. The van der Waals surface area contributed by atoms with Crippen LogP contribution in [0.3, 0.4) is 0 Å². The van der Waals surface area contributed by atoms with Crippen LogP contribution in [0.4, 0.5) is 0 Å². The molecule has 0 saturated heterocycles. The van der Waals surface area contributed by atoms with E-state index in [4.69, 9.17) is 5.11 Å². The fourth-order valence-corrected chi connectivity index (χ4v) is 2.26. The fourth-order valence-electron chi connectivity index (χ4n) is 2.26. The average Bonchev–Trinajstić information content (AvgIpc) is 2.81. The number of hydrogen-bond acceptors (Lipinski definition) is 3. The maximum Gasteiger partial charge on any atom is 0.339 e. The summed E-state index contributed by atoms with van der Waals surface area (Å²) < 4.78 is 0. The van der Waals surface area contributed by atoms with Crippen LogP contribution in [-0.2, 0) is 6.42 Å². The molecule has 4 nitrogen and oxygen atoms in total. The number of aromatic nitrogens is 2. The van der Waals surface area contributed by atoms with Gasteiger partial charge in [-0.2, -0.15) is 0 Å². The van der Waals surface area contributed by atoms with E-state index in [2.05, 4.69) is 9.97 Å². The molecule has 86 valence electrons. The highest BCUT2D eigenvalue weighted by Crippen LogP contribution is 2.32. The topological polar surface area (TPSA) is 63.1 Å². The van der Waals surface area contributed by atoms with Crippen LogP contribution in [0.1, 0.15) is 60.4 Å². The van der Waals surface area contributed by atoms with Gasteiger partial charge in [-0.05, 0) is 19.3 Å². The van der Waals surface area contributed by atoms with E-state index in [1.807, 2.05) is 6.92 Å². The van der Waals surface area contributed by atoms with E-state index in [-0.39, 0.29) is 5.56 Å². The molecule has 4 heteroatoms. The Bertz CT molecular complexity index is 398. The summed E-state index contributed by atoms with van der Waals surface area (Å²) in [6.07, 6.45) is 6.84. The van der Waals surface area contributed by atoms with E-state index in [0.29, 0.717) is 18.0 Å². The number of carbonyl (C=O) groups is 1. The number of hydrogen-bond donors (Lipinski definition) is 1. The molecule has 0 radical (unpaired) electrons. The monoisotopic (exact) mass is 220 g/mol. The highest BCUT2D eigenvalue weighted by molar-refractivity contribution is 5.88. The van der Waals surface area contributed by atoms with Crippen LogP contribution in [0.25, 0.3) is 0 Å². The van der Waals surface area contributed by atoms with Crippen molar-refractivity contribution in [1.82, 2.24) is 9.97 Å². The summed E-state index contributed by atoms with van der Waals surface area (Å²) in [5.41, 5.74) is 0.897. The highest BCUT2D eigenvalue weighted by atomic mass is 16.4. The first kappa shape index (κ1) is 11.0. The van der Waals surface area contributed by atoms with E-state index < -0.39 is 5.97 Å². The molecular formula is C12H16N2O2. The predicted octanol–water partition coefficient (Wildman–Crippen LogP) is 2.39. The molecule has 2 rings (SSSR count). The second kappa shape index (κ2) is 4.60. The zero-order valence-corrected chi connectivity index (χ0v) is 9.44. The lowest BCUT2D eigenvalue weighted by Gasteiger charge is -2.10. The largest absolute Gasteiger partial charge is 0.478 e. The molecule has 1 heterocycles. The second-order valence-corrected chi connectivity index (χ2v) is 4.23. The minimum Gasteiger partial charge on any atom is -0.478 e. The van der Waals surface area contributed by atoms with E-state index >= 15 is 0 Å². The lowest BCUT2D eigenvalue weighted by atomic mass is 10.1. The van der Waals surface area contributed by atoms with Crippen LogP contribution in [0, 0.1) is 0 Å². The molecule has 1 fully saturated rings. The van der Waals surface area contributed by atoms with Crippen LogP contribution in [0.5, 0.6) is 0 Å². The number of carboxylic acids is 1. The fraction of sp³-hybridized carbons (Fsp3) is 0.583. The van der Waals surface area contributed by atoms with Crippen molar-refractivity contribution in [1.29, 1.82) is 0 Å². The van der Waals surface area contributed by atoms with Gasteiger partial charge in [-0.25, -0.2) is 14.8 Å². The van der Waals surface area contributed by atoms with Gasteiger partial charge in [0.15, 0.2) is 0 Å². The van der Waals surface area contributed by atoms with Gasteiger partial charge in [0, 0.05) is 12.1 Å². The molecule has 0 amide bonds. The van der Waals surface area contributed by atoms with Gasteiger partial charge in [-0.1, -0.05) is 19.8 Å². The number of carboxylic acid groups (broad SMARTS) is 1. The van der Waals surface area contributed by atoms with E-state index in [1.165, 1.54) is 19.0 Å². The molecule has 1 aromatic rings. The molecule has 0 aromatic carbocycles. The number of rotatable bonds is 3. The van der Waals surface area contributed by atoms with Crippen LogP contribution < -0.4 is 0 Å². The van der Waals surface area contributed by atoms with Crippen molar-refractivity contribution in [3.8, 4) is 0 Å². The third kappa shape index (κ3) is 2.05. The third-order valence-electron chi connectivity index (χ3n) is 3.17. The third-order valence-corrected chi connectivity index (χ3v) is 3.17. The number of aromatic carboxylic acids is 1. The van der Waals surface area contributed by atoms with E-state index in [1.54, 1.807) is 0 Å². The Labute approximate surface area is 94.7 Å². The van der Waals surface area contributed by atoms with Gasteiger partial charge in [0.05, 0.1) is 11.3 Å². The second-order valence-electron chi connectivity index (χ2n) is 4.23. The minimum atomic E-state index is -0.935. The standard InChI is InChI=1S/C12H16N2O2/c1-2-10-9(12(15)16)7-13-11(14-10)8-5-3-4-6-8/h7-8H,2-6H2,1H3,(H,15,16). The molecule has 16 heavy (non-hydrogen) atoms. The summed E-state index contributed by atoms with van der Waals surface area (Å²) in [4.78, 5) is 19.5. The Morgan fingerprint density at radius 2 is 2.19 bits per heavy atom.